The Labute approximate surface area is 97.9 Å². The van der Waals surface area contributed by atoms with E-state index in [0.29, 0.717) is 12.3 Å². The zero-order valence-corrected chi connectivity index (χ0v) is 10.4. The molecule has 0 aromatic heterocycles. The van der Waals surface area contributed by atoms with E-state index in [0.717, 1.165) is 5.75 Å². The fourth-order valence-corrected chi connectivity index (χ4v) is 1.57. The maximum Gasteiger partial charge on any atom is 0.123 e. The van der Waals surface area contributed by atoms with Gasteiger partial charge in [-0.25, -0.2) is 0 Å². The van der Waals surface area contributed by atoms with Crippen molar-refractivity contribution in [2.75, 3.05) is 0 Å². The average Bonchev–Trinajstić information content (AvgIpc) is 2.17. The van der Waals surface area contributed by atoms with Crippen LogP contribution in [-0.4, -0.2) is 5.60 Å². The summed E-state index contributed by atoms with van der Waals surface area (Å²) in [6, 6.07) is 10.2. The molecule has 0 fully saturated rings. The summed E-state index contributed by atoms with van der Waals surface area (Å²) in [5.41, 5.74) is 0.758. The van der Waals surface area contributed by atoms with E-state index in [-0.39, 0.29) is 0 Å². The number of hydrogen-bond acceptors (Lipinski definition) is 2. The minimum Gasteiger partial charge on any atom is -0.486 e. The lowest BCUT2D eigenvalue weighted by molar-refractivity contribution is 0.113. The van der Waals surface area contributed by atoms with Crippen molar-refractivity contribution in [1.82, 2.24) is 0 Å². The lowest BCUT2D eigenvalue weighted by Crippen LogP contribution is -2.27. The number of ether oxygens (including phenoxy) is 1. The highest BCUT2D eigenvalue weighted by molar-refractivity contribution is 5.36. The van der Waals surface area contributed by atoms with Gasteiger partial charge < -0.3 is 4.74 Å². The quantitative estimate of drug-likeness (QED) is 0.766. The van der Waals surface area contributed by atoms with E-state index in [2.05, 4.69) is 26.0 Å². The summed E-state index contributed by atoms with van der Waals surface area (Å²) >= 11 is 0. The summed E-state index contributed by atoms with van der Waals surface area (Å²) in [7, 11) is 0. The Morgan fingerprint density at radius 3 is 2.50 bits per heavy atom. The maximum atomic E-state index is 8.73. The van der Waals surface area contributed by atoms with Gasteiger partial charge in [0.2, 0.25) is 0 Å². The van der Waals surface area contributed by atoms with Gasteiger partial charge in [-0.15, -0.1) is 0 Å². The predicted molar refractivity (Wildman–Crippen MR) is 65.5 cm³/mol. The van der Waals surface area contributed by atoms with E-state index in [1.807, 2.05) is 32.0 Å². The molecule has 0 amide bonds. The van der Waals surface area contributed by atoms with E-state index < -0.39 is 5.60 Å². The van der Waals surface area contributed by atoms with Crippen LogP contribution >= 0.6 is 0 Å². The Morgan fingerprint density at radius 2 is 1.94 bits per heavy atom. The number of nitrogens with zero attached hydrogens (tertiary/aromatic N) is 1. The number of nitriles is 1. The van der Waals surface area contributed by atoms with Crippen LogP contribution in [0.25, 0.3) is 0 Å². The Balaban J connectivity index is 2.93. The monoisotopic (exact) mass is 217 g/mol. The van der Waals surface area contributed by atoms with Gasteiger partial charge >= 0.3 is 0 Å². The first kappa shape index (κ1) is 12.6. The highest BCUT2D eigenvalue weighted by Crippen LogP contribution is 2.29. The second kappa shape index (κ2) is 5.03. The number of rotatable bonds is 4. The molecule has 0 heterocycles. The Bertz CT molecular complexity index is 388. The highest BCUT2D eigenvalue weighted by atomic mass is 16.5. The first-order valence-electron chi connectivity index (χ1n) is 5.61. The maximum absolute atomic E-state index is 8.73. The van der Waals surface area contributed by atoms with Gasteiger partial charge in [0.15, 0.2) is 0 Å². The molecule has 0 aliphatic carbocycles. The lowest BCUT2D eigenvalue weighted by Gasteiger charge is -2.26. The smallest absolute Gasteiger partial charge is 0.123 e. The number of hydrogen-bond donors (Lipinski definition) is 0. The average molecular weight is 217 g/mol. The summed E-state index contributed by atoms with van der Waals surface area (Å²) in [5, 5.41) is 8.73. The summed E-state index contributed by atoms with van der Waals surface area (Å²) in [5.74, 6) is 1.31. The Hall–Kier alpha value is -1.49. The zero-order chi connectivity index (χ0) is 12.2. The second-order valence-corrected chi connectivity index (χ2v) is 4.89. The van der Waals surface area contributed by atoms with Crippen molar-refractivity contribution in [1.29, 1.82) is 5.26 Å². The van der Waals surface area contributed by atoms with Crippen LogP contribution in [0.2, 0.25) is 0 Å². The molecule has 86 valence electrons. The normalized spacial score (nSPS) is 11.2. The fourth-order valence-electron chi connectivity index (χ4n) is 1.57. The standard InChI is InChI=1S/C14H19NO/c1-11(2)12-7-5-6-8-13(12)16-14(3,4)9-10-15/h5-8,11H,9H2,1-4H3. The molecule has 0 N–H and O–H groups in total. The molecule has 16 heavy (non-hydrogen) atoms. The lowest BCUT2D eigenvalue weighted by atomic mass is 10.0. The van der Waals surface area contributed by atoms with Crippen LogP contribution in [0.3, 0.4) is 0 Å². The molecule has 0 saturated carbocycles. The van der Waals surface area contributed by atoms with Gasteiger partial charge in [-0.2, -0.15) is 5.26 Å². The molecule has 1 aromatic rings. The van der Waals surface area contributed by atoms with E-state index in [1.54, 1.807) is 0 Å². The number of benzene rings is 1. The summed E-state index contributed by atoms with van der Waals surface area (Å²) in [6.07, 6.45) is 0.388. The summed E-state index contributed by atoms with van der Waals surface area (Å²) in [4.78, 5) is 0. The molecule has 0 bridgehead atoms. The predicted octanol–water partition coefficient (Wildman–Crippen LogP) is 3.88. The van der Waals surface area contributed by atoms with Crippen molar-refractivity contribution >= 4 is 0 Å². The topological polar surface area (TPSA) is 33.0 Å². The van der Waals surface area contributed by atoms with E-state index in [9.17, 15) is 0 Å². The van der Waals surface area contributed by atoms with Crippen LogP contribution in [0.15, 0.2) is 24.3 Å². The van der Waals surface area contributed by atoms with Crippen molar-refractivity contribution in [3.8, 4) is 11.8 Å². The molecule has 0 saturated heterocycles. The van der Waals surface area contributed by atoms with E-state index in [4.69, 9.17) is 10.00 Å². The molecule has 0 spiro atoms. The molecular formula is C14H19NO. The molecule has 0 atom stereocenters. The first-order chi connectivity index (χ1) is 7.46. The minimum atomic E-state index is -0.431. The fraction of sp³-hybridized carbons (Fsp3) is 0.500. The van der Waals surface area contributed by atoms with Gasteiger partial charge in [0.1, 0.15) is 11.4 Å². The van der Waals surface area contributed by atoms with Gasteiger partial charge in [-0.05, 0) is 31.4 Å². The molecule has 1 aromatic carbocycles. The molecule has 0 unspecified atom stereocenters. The SMILES string of the molecule is CC(C)c1ccccc1OC(C)(C)CC#N. The van der Waals surface area contributed by atoms with Gasteiger partial charge in [0.05, 0.1) is 12.5 Å². The van der Waals surface area contributed by atoms with Gasteiger partial charge in [0.25, 0.3) is 0 Å². The Morgan fingerprint density at radius 1 is 1.31 bits per heavy atom. The Kier molecular flexibility index (Phi) is 3.95. The van der Waals surface area contributed by atoms with Crippen molar-refractivity contribution in [2.24, 2.45) is 0 Å². The van der Waals surface area contributed by atoms with Crippen molar-refractivity contribution in [3.63, 3.8) is 0 Å². The molecule has 0 aliphatic rings. The van der Waals surface area contributed by atoms with E-state index in [1.165, 1.54) is 5.56 Å². The van der Waals surface area contributed by atoms with Crippen LogP contribution in [0.4, 0.5) is 0 Å². The molecular weight excluding hydrogens is 198 g/mol. The molecule has 1 rings (SSSR count). The number of para-hydroxylation sites is 1. The zero-order valence-electron chi connectivity index (χ0n) is 10.4. The third-order valence-electron chi connectivity index (χ3n) is 2.43. The first-order valence-corrected chi connectivity index (χ1v) is 5.61. The largest absolute Gasteiger partial charge is 0.486 e. The third kappa shape index (κ3) is 3.27. The summed E-state index contributed by atoms with van der Waals surface area (Å²) < 4.78 is 5.91. The molecule has 0 radical (unpaired) electrons. The van der Waals surface area contributed by atoms with Crippen LogP contribution in [-0.2, 0) is 0 Å². The molecule has 2 heteroatoms. The second-order valence-electron chi connectivity index (χ2n) is 4.89. The third-order valence-corrected chi connectivity index (χ3v) is 2.43. The van der Waals surface area contributed by atoms with Gasteiger partial charge in [-0.3, -0.25) is 0 Å². The van der Waals surface area contributed by atoms with Gasteiger partial charge in [-0.1, -0.05) is 32.0 Å². The van der Waals surface area contributed by atoms with Crippen LogP contribution < -0.4 is 4.74 Å². The van der Waals surface area contributed by atoms with Crippen LogP contribution in [0.5, 0.6) is 5.75 Å². The molecule has 2 nitrogen and oxygen atoms in total. The van der Waals surface area contributed by atoms with Crippen molar-refractivity contribution in [2.45, 2.75) is 45.6 Å². The van der Waals surface area contributed by atoms with Crippen LogP contribution in [0.1, 0.15) is 45.6 Å². The van der Waals surface area contributed by atoms with Crippen LogP contribution in [0, 0.1) is 11.3 Å². The highest BCUT2D eigenvalue weighted by Gasteiger charge is 2.21. The minimum absolute atomic E-state index is 0.388. The summed E-state index contributed by atoms with van der Waals surface area (Å²) in [6.45, 7) is 8.15. The van der Waals surface area contributed by atoms with Crippen molar-refractivity contribution < 1.29 is 4.74 Å². The van der Waals surface area contributed by atoms with Crippen molar-refractivity contribution in [3.05, 3.63) is 29.8 Å². The van der Waals surface area contributed by atoms with E-state index >= 15 is 0 Å². The van der Waals surface area contributed by atoms with Gasteiger partial charge in [0, 0.05) is 0 Å². The molecule has 0 aliphatic heterocycles.